The first-order chi connectivity index (χ1) is 15.0. The van der Waals surface area contributed by atoms with Crippen LogP contribution in [-0.4, -0.2) is 73.5 Å². The first kappa shape index (κ1) is 22.5. The van der Waals surface area contributed by atoms with Gasteiger partial charge in [0.15, 0.2) is 0 Å². The molecule has 0 bridgehead atoms. The van der Waals surface area contributed by atoms with Crippen molar-refractivity contribution in [1.29, 1.82) is 0 Å². The molecule has 0 spiro atoms. The summed E-state index contributed by atoms with van der Waals surface area (Å²) in [7, 11) is 4.21. The third-order valence-electron chi connectivity index (χ3n) is 7.05. The number of carbonyl (C=O) groups is 1. The highest BCUT2D eigenvalue weighted by atomic mass is 32.1. The van der Waals surface area contributed by atoms with Crippen LogP contribution >= 0.6 is 11.3 Å². The van der Waals surface area contributed by atoms with Crippen LogP contribution in [0.15, 0.2) is 35.7 Å². The number of nitrogens with zero attached hydrogens (tertiary/aromatic N) is 3. The van der Waals surface area contributed by atoms with Gasteiger partial charge in [-0.3, -0.25) is 9.69 Å². The monoisotopic (exact) mass is 439 g/mol. The van der Waals surface area contributed by atoms with E-state index in [1.165, 1.54) is 38.8 Å². The largest absolute Gasteiger partial charge is 0.338 e. The molecule has 168 valence electrons. The fourth-order valence-electron chi connectivity index (χ4n) is 5.20. The molecule has 4 rings (SSSR count). The normalized spacial score (nSPS) is 17.9. The average molecular weight is 440 g/mol. The summed E-state index contributed by atoms with van der Waals surface area (Å²) < 4.78 is 0. The second kappa shape index (κ2) is 10.3. The maximum absolute atomic E-state index is 13.3. The summed E-state index contributed by atoms with van der Waals surface area (Å²) >= 11 is 1.59. The van der Waals surface area contributed by atoms with Crippen molar-refractivity contribution in [3.05, 3.63) is 57.3 Å². The third kappa shape index (κ3) is 5.57. The van der Waals surface area contributed by atoms with Crippen LogP contribution in [0.3, 0.4) is 0 Å². The topological polar surface area (TPSA) is 26.8 Å². The minimum Gasteiger partial charge on any atom is -0.338 e. The maximum atomic E-state index is 13.3. The smallest absolute Gasteiger partial charge is 0.264 e. The predicted molar refractivity (Wildman–Crippen MR) is 130 cm³/mol. The van der Waals surface area contributed by atoms with E-state index >= 15 is 0 Å². The molecule has 2 aromatic rings. The van der Waals surface area contributed by atoms with Crippen molar-refractivity contribution in [3.8, 4) is 0 Å². The van der Waals surface area contributed by atoms with Gasteiger partial charge in [0.05, 0.1) is 4.88 Å². The molecule has 1 aliphatic heterocycles. The Hall–Kier alpha value is -1.69. The lowest BCUT2D eigenvalue weighted by atomic mass is 9.94. The van der Waals surface area contributed by atoms with Crippen molar-refractivity contribution in [2.45, 2.75) is 45.1 Å². The molecule has 1 saturated heterocycles. The second-order valence-corrected chi connectivity index (χ2v) is 10.6. The zero-order valence-corrected chi connectivity index (χ0v) is 20.2. The van der Waals surface area contributed by atoms with Crippen LogP contribution in [0.4, 0.5) is 0 Å². The van der Waals surface area contributed by atoms with E-state index in [1.54, 1.807) is 22.5 Å². The molecule has 0 radical (unpaired) electrons. The molecular formula is C26H37N3OS. The molecule has 4 nitrogen and oxygen atoms in total. The van der Waals surface area contributed by atoms with Crippen LogP contribution in [-0.2, 0) is 12.8 Å². The number of hydrogen-bond acceptors (Lipinski definition) is 4. The fourth-order valence-corrected chi connectivity index (χ4v) is 6.09. The summed E-state index contributed by atoms with van der Waals surface area (Å²) in [6.07, 6.45) is 5.84. The van der Waals surface area contributed by atoms with E-state index in [1.807, 2.05) is 5.38 Å². The Bertz CT molecular complexity index is 844. The Morgan fingerprint density at radius 3 is 2.32 bits per heavy atom. The molecule has 31 heavy (non-hydrogen) atoms. The van der Waals surface area contributed by atoms with Crippen LogP contribution in [0.1, 0.15) is 45.6 Å². The lowest BCUT2D eigenvalue weighted by Crippen LogP contribution is -2.45. The highest BCUT2D eigenvalue weighted by Crippen LogP contribution is 2.29. The van der Waals surface area contributed by atoms with Gasteiger partial charge in [0.1, 0.15) is 0 Å². The molecule has 1 aromatic heterocycles. The van der Waals surface area contributed by atoms with Gasteiger partial charge in [-0.15, -0.1) is 11.3 Å². The number of thiophene rings is 1. The van der Waals surface area contributed by atoms with Gasteiger partial charge in [0.25, 0.3) is 5.91 Å². The molecule has 1 aliphatic carbocycles. The predicted octanol–water partition coefficient (Wildman–Crippen LogP) is 4.33. The van der Waals surface area contributed by atoms with Crippen LogP contribution in [0, 0.1) is 12.8 Å². The first-order valence-electron chi connectivity index (χ1n) is 11.8. The molecular weight excluding hydrogens is 402 g/mol. The Kier molecular flexibility index (Phi) is 7.47. The lowest BCUT2D eigenvalue weighted by Gasteiger charge is -2.38. The molecule has 0 unspecified atom stereocenters. The van der Waals surface area contributed by atoms with Gasteiger partial charge in [0, 0.05) is 19.1 Å². The molecule has 2 heterocycles. The van der Waals surface area contributed by atoms with Gasteiger partial charge in [-0.2, -0.15) is 0 Å². The van der Waals surface area contributed by atoms with Crippen molar-refractivity contribution in [2.75, 3.05) is 46.8 Å². The molecule has 1 amide bonds. The van der Waals surface area contributed by atoms with E-state index in [9.17, 15) is 4.79 Å². The average Bonchev–Trinajstić information content (AvgIpc) is 3.39. The number of fused-ring (bicyclic) bond motifs is 1. The lowest BCUT2D eigenvalue weighted by molar-refractivity contribution is 0.0665. The van der Waals surface area contributed by atoms with Gasteiger partial charge in [-0.25, -0.2) is 0 Å². The van der Waals surface area contributed by atoms with E-state index in [4.69, 9.17) is 0 Å². The van der Waals surface area contributed by atoms with Crippen molar-refractivity contribution in [1.82, 2.24) is 14.7 Å². The number of amides is 1. The molecule has 1 aromatic carbocycles. The quantitative estimate of drug-likeness (QED) is 0.613. The van der Waals surface area contributed by atoms with Crippen molar-refractivity contribution >= 4 is 17.2 Å². The standard InChI is InChI=1S/C26H37N3OS/c1-20-11-16-31-25(20)26(30)29(13-6-12-27(2)3)19-21-9-14-28(15-10-21)24-17-22-7-4-5-8-23(22)18-24/h4-5,7-8,11,16,21,24H,6,9-10,12-15,17-19H2,1-3H3. The third-order valence-corrected chi connectivity index (χ3v) is 8.05. The Labute approximate surface area is 191 Å². The Balaban J connectivity index is 1.32. The van der Waals surface area contributed by atoms with Crippen LogP contribution in [0.25, 0.3) is 0 Å². The molecule has 2 aliphatic rings. The molecule has 5 heteroatoms. The summed E-state index contributed by atoms with van der Waals surface area (Å²) in [6.45, 7) is 7.17. The van der Waals surface area contributed by atoms with Crippen LogP contribution in [0.5, 0.6) is 0 Å². The van der Waals surface area contributed by atoms with Gasteiger partial charge in [0.2, 0.25) is 0 Å². The number of rotatable bonds is 8. The number of benzene rings is 1. The maximum Gasteiger partial charge on any atom is 0.264 e. The van der Waals surface area contributed by atoms with E-state index < -0.39 is 0 Å². The summed E-state index contributed by atoms with van der Waals surface area (Å²) in [5.74, 6) is 0.850. The summed E-state index contributed by atoms with van der Waals surface area (Å²) in [5.41, 5.74) is 4.19. The second-order valence-electron chi connectivity index (χ2n) is 9.65. The number of aryl methyl sites for hydroxylation is 1. The summed E-state index contributed by atoms with van der Waals surface area (Å²) in [6, 6.07) is 11.7. The number of piperidine rings is 1. The number of hydrogen-bond donors (Lipinski definition) is 0. The molecule has 1 fully saturated rings. The van der Waals surface area contributed by atoms with E-state index in [2.05, 4.69) is 66.1 Å². The van der Waals surface area contributed by atoms with Gasteiger partial charge < -0.3 is 9.80 Å². The number of likely N-dealkylation sites (tertiary alicyclic amines) is 1. The fraction of sp³-hybridized carbons (Fsp3) is 0.577. The van der Waals surface area contributed by atoms with E-state index in [0.717, 1.165) is 36.5 Å². The first-order valence-corrected chi connectivity index (χ1v) is 12.7. The summed E-state index contributed by atoms with van der Waals surface area (Å²) in [4.78, 5) is 21.3. The zero-order chi connectivity index (χ0) is 21.8. The highest BCUT2D eigenvalue weighted by Gasteiger charge is 2.31. The minimum absolute atomic E-state index is 0.236. The number of carbonyl (C=O) groups excluding carboxylic acids is 1. The van der Waals surface area contributed by atoms with Gasteiger partial charge >= 0.3 is 0 Å². The van der Waals surface area contributed by atoms with Crippen molar-refractivity contribution in [3.63, 3.8) is 0 Å². The Morgan fingerprint density at radius 2 is 1.74 bits per heavy atom. The molecule has 0 saturated carbocycles. The van der Waals surface area contributed by atoms with Crippen LogP contribution in [0.2, 0.25) is 0 Å². The van der Waals surface area contributed by atoms with Crippen molar-refractivity contribution in [2.24, 2.45) is 5.92 Å². The Morgan fingerprint density at radius 1 is 1.06 bits per heavy atom. The van der Waals surface area contributed by atoms with E-state index in [0.29, 0.717) is 12.0 Å². The van der Waals surface area contributed by atoms with Gasteiger partial charge in [-0.1, -0.05) is 24.3 Å². The highest BCUT2D eigenvalue weighted by molar-refractivity contribution is 7.12. The SMILES string of the molecule is Cc1ccsc1C(=O)N(CCCN(C)C)CC1CCN(C2Cc3ccccc3C2)CC1. The van der Waals surface area contributed by atoms with Crippen molar-refractivity contribution < 1.29 is 4.79 Å². The summed E-state index contributed by atoms with van der Waals surface area (Å²) in [5, 5.41) is 2.04. The molecule has 0 N–H and O–H groups in total. The van der Waals surface area contributed by atoms with E-state index in [-0.39, 0.29) is 5.91 Å². The van der Waals surface area contributed by atoms with Crippen LogP contribution < -0.4 is 0 Å². The zero-order valence-electron chi connectivity index (χ0n) is 19.3. The van der Waals surface area contributed by atoms with Gasteiger partial charge in [-0.05, 0) is 107 Å². The molecule has 0 atom stereocenters. The minimum atomic E-state index is 0.236.